The zero-order chi connectivity index (χ0) is 58.5. The van der Waals surface area contributed by atoms with Gasteiger partial charge < -0.3 is 28.8 Å². The van der Waals surface area contributed by atoms with Gasteiger partial charge in [0.1, 0.15) is 16.3 Å². The largest absolute Gasteiger partial charge is 0.500 e. The smallest absolute Gasteiger partial charge is 0.377 e. The van der Waals surface area contributed by atoms with E-state index in [0.717, 1.165) is 84.9 Å². The average Bonchev–Trinajstić information content (AvgIpc) is 3.94. The molecule has 0 saturated heterocycles. The van der Waals surface area contributed by atoms with Gasteiger partial charge in [0.05, 0.1) is 12.5 Å². The molecule has 0 saturated carbocycles. The average molecular weight is 1180 g/mol. The lowest BCUT2D eigenvalue weighted by Crippen LogP contribution is -2.45. The minimum Gasteiger partial charge on any atom is -0.377 e. The minimum absolute atomic E-state index is 0.117. The fraction of sp³-hybridized carbons (Fsp3) is 0.403. The van der Waals surface area contributed by atoms with Crippen molar-refractivity contribution in [1.82, 2.24) is 5.32 Å². The van der Waals surface area contributed by atoms with E-state index in [2.05, 4.69) is 86.0 Å². The Kier molecular flexibility index (Phi) is 19.2. The summed E-state index contributed by atoms with van der Waals surface area (Å²) in [5.41, 5.74) is 8.12. The van der Waals surface area contributed by atoms with Crippen molar-refractivity contribution in [3.8, 4) is 0 Å². The highest BCUT2D eigenvalue weighted by molar-refractivity contribution is 8.03. The van der Waals surface area contributed by atoms with E-state index in [1.165, 1.54) is 13.2 Å². The highest BCUT2D eigenvalue weighted by Crippen LogP contribution is 2.52. The van der Waals surface area contributed by atoms with Crippen LogP contribution in [0.5, 0.6) is 0 Å². The number of carbonyl (C=O) groups is 2. The van der Waals surface area contributed by atoms with Crippen LogP contribution in [0.2, 0.25) is 6.04 Å². The van der Waals surface area contributed by atoms with E-state index >= 15 is 0 Å². The van der Waals surface area contributed by atoms with Crippen molar-refractivity contribution < 1.29 is 53.0 Å². The summed E-state index contributed by atoms with van der Waals surface area (Å²) in [7, 11) is -8.42. The number of anilines is 2. The molecule has 0 radical (unpaired) electrons. The highest BCUT2D eigenvalue weighted by atomic mass is 32.2. The minimum atomic E-state index is -4.47. The van der Waals surface area contributed by atoms with Gasteiger partial charge in [-0.25, -0.2) is 0 Å². The second kappa shape index (κ2) is 25.4. The number of nitrogens with one attached hydrogen (secondary N) is 2. The van der Waals surface area contributed by atoms with Gasteiger partial charge in [-0.2, -0.15) is 21.4 Å². The third kappa shape index (κ3) is 12.8. The van der Waals surface area contributed by atoms with Crippen LogP contribution >= 0.6 is 11.8 Å². The lowest BCUT2D eigenvalue weighted by Gasteiger charge is -2.27. The lowest BCUT2D eigenvalue weighted by molar-refractivity contribution is -0.433. The molecule has 19 heteroatoms. The van der Waals surface area contributed by atoms with Crippen molar-refractivity contribution in [3.05, 3.63) is 142 Å². The van der Waals surface area contributed by atoms with Crippen LogP contribution in [0.4, 0.5) is 17.1 Å². The lowest BCUT2D eigenvalue weighted by atomic mass is 9.78. The van der Waals surface area contributed by atoms with E-state index in [1.807, 2.05) is 68.4 Å². The molecule has 15 nitrogen and oxygen atoms in total. The second-order valence-electron chi connectivity index (χ2n) is 21.4. The van der Waals surface area contributed by atoms with Gasteiger partial charge in [-0.05, 0) is 156 Å². The molecule has 81 heavy (non-hydrogen) atoms. The van der Waals surface area contributed by atoms with Crippen LogP contribution in [0.25, 0.3) is 21.5 Å². The molecule has 5 aromatic carbocycles. The molecule has 2 heterocycles. The third-order valence-electron chi connectivity index (χ3n) is 15.6. The first-order valence-electron chi connectivity index (χ1n) is 27.9. The van der Waals surface area contributed by atoms with Gasteiger partial charge in [0.15, 0.2) is 5.71 Å². The SMILES string of the molecule is CCO[Si](CCCNC(=O)CCCC(=O)Nc1ccc(SC2=C(/C=C/C3=[N+](CC)c4ccc5c(S(=O)(=O)O)cccc5c4C3(C)C)CCC/C2=C\C=C2\N(CC)c3ccc4c(S(=O)(=O)OC)cccc4c3C2(C)C)cc1)(OC)OCC. The molecule has 2 amide bonds. The van der Waals surface area contributed by atoms with E-state index in [4.69, 9.17) is 17.5 Å². The monoisotopic (exact) mass is 1180 g/mol. The van der Waals surface area contributed by atoms with Crippen LogP contribution in [-0.2, 0) is 58.1 Å². The fourth-order valence-electron chi connectivity index (χ4n) is 11.9. The molecular formula is C62H77N4O11S3Si+. The highest BCUT2D eigenvalue weighted by Gasteiger charge is 2.46. The van der Waals surface area contributed by atoms with Gasteiger partial charge in [-0.3, -0.25) is 18.3 Å². The Morgan fingerprint density at radius 1 is 0.753 bits per heavy atom. The number of rotatable bonds is 24. The van der Waals surface area contributed by atoms with Crippen molar-refractivity contribution in [3.63, 3.8) is 0 Å². The normalized spacial score (nSPS) is 17.3. The van der Waals surface area contributed by atoms with Gasteiger partial charge in [0, 0.05) is 113 Å². The van der Waals surface area contributed by atoms with Crippen molar-refractivity contribution in [2.75, 3.05) is 57.3 Å². The van der Waals surface area contributed by atoms with E-state index in [-0.39, 0.29) is 34.4 Å². The molecule has 2 aliphatic heterocycles. The molecule has 1 aliphatic carbocycles. The van der Waals surface area contributed by atoms with Crippen LogP contribution in [0.1, 0.15) is 111 Å². The first-order chi connectivity index (χ1) is 38.6. The summed E-state index contributed by atoms with van der Waals surface area (Å²) in [6.07, 6.45) is 12.9. The molecule has 0 aromatic heterocycles. The molecule has 0 unspecified atom stereocenters. The summed E-state index contributed by atoms with van der Waals surface area (Å²) >= 11 is 1.68. The van der Waals surface area contributed by atoms with Gasteiger partial charge in [-0.1, -0.05) is 68.1 Å². The molecule has 0 spiro atoms. The van der Waals surface area contributed by atoms with Gasteiger partial charge in [0.2, 0.25) is 17.5 Å². The maximum Gasteiger partial charge on any atom is 0.500 e. The Labute approximate surface area is 483 Å². The van der Waals surface area contributed by atoms with E-state index in [9.17, 15) is 31.0 Å². The zero-order valence-corrected chi connectivity index (χ0v) is 51.7. The fourth-order valence-corrected chi connectivity index (χ4v) is 16.9. The van der Waals surface area contributed by atoms with E-state index in [1.54, 1.807) is 43.1 Å². The summed E-state index contributed by atoms with van der Waals surface area (Å²) in [6, 6.07) is 26.5. The predicted octanol–water partition coefficient (Wildman–Crippen LogP) is 12.7. The zero-order valence-electron chi connectivity index (χ0n) is 48.2. The number of likely N-dealkylation sites (N-methyl/N-ethyl adjacent to an activating group) is 1. The molecule has 8 rings (SSSR count). The Bertz CT molecular complexity index is 3620. The molecular weight excluding hydrogens is 1100 g/mol. The molecule has 0 fully saturated rings. The van der Waals surface area contributed by atoms with Crippen LogP contribution in [-0.4, -0.2) is 99.4 Å². The number of allylic oxidation sites excluding steroid dienone is 7. The number of hydrogen-bond donors (Lipinski definition) is 3. The summed E-state index contributed by atoms with van der Waals surface area (Å²) in [6.45, 7) is 19.5. The summed E-state index contributed by atoms with van der Waals surface area (Å²) < 4.78 is 86.1. The number of benzene rings is 5. The Hall–Kier alpha value is -5.74. The molecule has 5 aromatic rings. The maximum atomic E-state index is 13.2. The van der Waals surface area contributed by atoms with Crippen LogP contribution in [0.15, 0.2) is 146 Å². The van der Waals surface area contributed by atoms with Crippen LogP contribution in [0, 0.1) is 0 Å². The van der Waals surface area contributed by atoms with Crippen LogP contribution < -0.4 is 15.5 Å². The molecule has 432 valence electrons. The molecule has 0 bridgehead atoms. The number of hydrogen-bond acceptors (Lipinski definition) is 12. The predicted molar refractivity (Wildman–Crippen MR) is 326 cm³/mol. The van der Waals surface area contributed by atoms with Gasteiger partial charge in [0.25, 0.3) is 20.2 Å². The first-order valence-corrected chi connectivity index (χ1v) is 33.5. The van der Waals surface area contributed by atoms with E-state index < -0.39 is 39.9 Å². The molecule has 0 atom stereocenters. The topological polar surface area (TPSA) is 190 Å². The first kappa shape index (κ1) is 61.3. The number of nitrogens with zero attached hydrogens (tertiary/aromatic N) is 2. The molecule has 3 aliphatic rings. The van der Waals surface area contributed by atoms with Crippen molar-refractivity contribution in [1.29, 1.82) is 0 Å². The third-order valence-corrected chi connectivity index (χ3v) is 22.2. The second-order valence-corrected chi connectivity index (χ2v) is 28.4. The number of thioether (sulfide) groups is 1. The summed E-state index contributed by atoms with van der Waals surface area (Å²) in [4.78, 5) is 30.3. The Morgan fingerprint density at radius 3 is 2.05 bits per heavy atom. The van der Waals surface area contributed by atoms with Crippen molar-refractivity contribution in [2.24, 2.45) is 0 Å². The quantitative estimate of drug-likeness (QED) is 0.0174. The number of fused-ring (bicyclic) bond motifs is 6. The Morgan fingerprint density at radius 2 is 1.41 bits per heavy atom. The summed E-state index contributed by atoms with van der Waals surface area (Å²) in [5, 5.41) is 8.67. The van der Waals surface area contributed by atoms with Crippen LogP contribution in [0.3, 0.4) is 0 Å². The summed E-state index contributed by atoms with van der Waals surface area (Å²) in [5.74, 6) is -0.298. The van der Waals surface area contributed by atoms with E-state index in [0.29, 0.717) is 68.2 Å². The molecule has 3 N–H and O–H groups in total. The number of carbonyl (C=O) groups excluding carboxylic acids is 2. The Balaban J connectivity index is 1.08. The van der Waals surface area contributed by atoms with Gasteiger partial charge in [-0.15, -0.1) is 0 Å². The van der Waals surface area contributed by atoms with Gasteiger partial charge >= 0.3 is 8.80 Å². The number of amides is 2. The van der Waals surface area contributed by atoms with Crippen molar-refractivity contribution >= 4 is 96.9 Å². The maximum absolute atomic E-state index is 13.2. The van der Waals surface area contributed by atoms with Crippen molar-refractivity contribution in [2.45, 2.75) is 132 Å². The standard InChI is InChI=1S/C62H76N4O11S3Si/c1-11-65-50-36-34-46-48(22-16-24-52(46)79(69,70)71)58(50)61(5,6)54(65)38-28-42-20-15-21-43(29-39-55-62(7,8)59-49-23-17-25-53(80(72,73)74-9)47(49)35-37-51(59)66(55)12-2)60(42)78-45-32-30-44(31-33-45)64-57(68)27-18-26-56(67)63-40-19-41-81(75-10,76-13-3)77-14-4/h16-17,22-25,28-39H,11-15,18-21,26-27,40-41H2,1-10H3,(H2-,63,64,67,68,69,70,71)/p+1.